The summed E-state index contributed by atoms with van der Waals surface area (Å²) >= 11 is 0. The quantitative estimate of drug-likeness (QED) is 0.705. The number of imidazole rings is 1. The molecule has 0 bridgehead atoms. The number of alkyl halides is 3. The zero-order valence-corrected chi connectivity index (χ0v) is 13.3. The minimum absolute atomic E-state index is 0.333. The fourth-order valence-electron chi connectivity index (χ4n) is 3.12. The summed E-state index contributed by atoms with van der Waals surface area (Å²) in [5.41, 5.74) is 1.73. The summed E-state index contributed by atoms with van der Waals surface area (Å²) < 4.78 is 47.1. The van der Waals surface area contributed by atoms with E-state index in [0.29, 0.717) is 43.0 Å². The predicted octanol–water partition coefficient (Wildman–Crippen LogP) is 3.88. The van der Waals surface area contributed by atoms with Crippen molar-refractivity contribution in [3.63, 3.8) is 0 Å². The molecular weight excluding hydrogens is 331 g/mol. The Bertz CT molecular complexity index is 884. The minimum Gasteiger partial charge on any atom is -0.378 e. The van der Waals surface area contributed by atoms with Crippen molar-refractivity contribution in [1.82, 2.24) is 9.55 Å². The van der Waals surface area contributed by atoms with Gasteiger partial charge in [-0.2, -0.15) is 13.2 Å². The molecule has 2 aromatic carbocycles. The molecule has 1 fully saturated rings. The van der Waals surface area contributed by atoms with Crippen molar-refractivity contribution >= 4 is 16.7 Å². The van der Waals surface area contributed by atoms with Gasteiger partial charge in [0.25, 0.3) is 0 Å². The van der Waals surface area contributed by atoms with Crippen molar-refractivity contribution in [1.29, 1.82) is 0 Å². The van der Waals surface area contributed by atoms with Crippen LogP contribution in [0.1, 0.15) is 5.56 Å². The Labute approximate surface area is 142 Å². The lowest BCUT2D eigenvalue weighted by atomic mass is 10.1. The molecule has 7 heteroatoms. The summed E-state index contributed by atoms with van der Waals surface area (Å²) in [7, 11) is 0. The molecule has 0 aliphatic carbocycles. The molecule has 4 rings (SSSR count). The monoisotopic (exact) mass is 347 g/mol. The minimum atomic E-state index is -4.41. The lowest BCUT2D eigenvalue weighted by Crippen LogP contribution is -2.36. The van der Waals surface area contributed by atoms with Crippen molar-refractivity contribution in [2.75, 3.05) is 31.2 Å². The summed E-state index contributed by atoms with van der Waals surface area (Å²) in [5.74, 6) is 0. The molecule has 0 amide bonds. The van der Waals surface area contributed by atoms with Gasteiger partial charge in [0.2, 0.25) is 0 Å². The number of hydrogen-bond acceptors (Lipinski definition) is 3. The average Bonchev–Trinajstić information content (AvgIpc) is 3.06. The smallest absolute Gasteiger partial charge is 0.378 e. The molecule has 130 valence electrons. The Balaban J connectivity index is 1.95. The van der Waals surface area contributed by atoms with Crippen LogP contribution in [-0.2, 0) is 10.9 Å². The van der Waals surface area contributed by atoms with E-state index in [4.69, 9.17) is 4.74 Å². The molecule has 0 N–H and O–H groups in total. The first-order valence-corrected chi connectivity index (χ1v) is 8.00. The number of anilines is 1. The van der Waals surface area contributed by atoms with E-state index < -0.39 is 11.7 Å². The molecule has 0 atom stereocenters. The fourth-order valence-corrected chi connectivity index (χ4v) is 3.12. The van der Waals surface area contributed by atoms with Gasteiger partial charge < -0.3 is 9.64 Å². The van der Waals surface area contributed by atoms with Crippen LogP contribution in [-0.4, -0.2) is 35.9 Å². The predicted molar refractivity (Wildman–Crippen MR) is 89.1 cm³/mol. The molecule has 1 aromatic heterocycles. The molecule has 0 spiro atoms. The molecule has 25 heavy (non-hydrogen) atoms. The Morgan fingerprint density at radius 2 is 1.72 bits per heavy atom. The number of nitrogens with zero attached hydrogens (tertiary/aromatic N) is 3. The third-order valence-corrected chi connectivity index (χ3v) is 4.34. The number of aromatic nitrogens is 2. The van der Waals surface area contributed by atoms with Gasteiger partial charge in [-0.1, -0.05) is 18.2 Å². The van der Waals surface area contributed by atoms with Crippen LogP contribution in [0.15, 0.2) is 48.8 Å². The van der Waals surface area contributed by atoms with E-state index in [1.807, 2.05) is 39.8 Å². The van der Waals surface area contributed by atoms with Crippen LogP contribution in [0.4, 0.5) is 18.9 Å². The van der Waals surface area contributed by atoms with Gasteiger partial charge in [0, 0.05) is 18.8 Å². The largest absolute Gasteiger partial charge is 0.416 e. The number of rotatable bonds is 2. The summed E-state index contributed by atoms with van der Waals surface area (Å²) in [5, 5.41) is 0. The first-order chi connectivity index (χ1) is 12.0. The molecule has 4 nitrogen and oxygen atoms in total. The van der Waals surface area contributed by atoms with E-state index >= 15 is 0 Å². The SMILES string of the molecule is FC(F)(F)c1cc(N2CCOCC2)c2c(c1)ncn2-c1ccccc1. The van der Waals surface area contributed by atoms with Crippen LogP contribution in [0.3, 0.4) is 0 Å². The number of fused-ring (bicyclic) bond motifs is 1. The van der Waals surface area contributed by atoms with Crippen molar-refractivity contribution in [3.05, 3.63) is 54.4 Å². The zero-order chi connectivity index (χ0) is 17.4. The van der Waals surface area contributed by atoms with Gasteiger partial charge in [0.05, 0.1) is 35.5 Å². The van der Waals surface area contributed by atoms with Gasteiger partial charge >= 0.3 is 6.18 Å². The summed E-state index contributed by atoms with van der Waals surface area (Å²) in [6.45, 7) is 2.10. The van der Waals surface area contributed by atoms with E-state index in [1.165, 1.54) is 6.07 Å². The van der Waals surface area contributed by atoms with Crippen LogP contribution in [0.5, 0.6) is 0 Å². The lowest BCUT2D eigenvalue weighted by molar-refractivity contribution is -0.137. The molecule has 0 unspecified atom stereocenters. The molecule has 0 saturated carbocycles. The van der Waals surface area contributed by atoms with Gasteiger partial charge in [-0.05, 0) is 24.3 Å². The highest BCUT2D eigenvalue weighted by Gasteiger charge is 2.33. The molecule has 1 aliphatic rings. The standard InChI is InChI=1S/C18H16F3N3O/c19-18(20,21)13-10-15-17(16(11-13)23-6-8-25-9-7-23)24(12-22-15)14-4-2-1-3-5-14/h1-5,10-12H,6-9H2. The highest BCUT2D eigenvalue weighted by molar-refractivity contribution is 5.91. The number of morpholine rings is 1. The molecule has 1 aliphatic heterocycles. The third-order valence-electron chi connectivity index (χ3n) is 4.34. The number of ether oxygens (including phenoxy) is 1. The number of hydrogen-bond donors (Lipinski definition) is 0. The number of benzene rings is 2. The van der Waals surface area contributed by atoms with Gasteiger partial charge in [0.1, 0.15) is 6.33 Å². The summed E-state index contributed by atoms with van der Waals surface area (Å²) in [4.78, 5) is 6.16. The summed E-state index contributed by atoms with van der Waals surface area (Å²) in [6.07, 6.45) is -2.84. The Morgan fingerprint density at radius 3 is 2.40 bits per heavy atom. The number of para-hydroxylation sites is 1. The van der Waals surface area contributed by atoms with E-state index in [-0.39, 0.29) is 0 Å². The second-order valence-electron chi connectivity index (χ2n) is 5.91. The van der Waals surface area contributed by atoms with Crippen LogP contribution < -0.4 is 4.90 Å². The Morgan fingerprint density at radius 1 is 1.00 bits per heavy atom. The van der Waals surface area contributed by atoms with E-state index in [0.717, 1.165) is 11.8 Å². The maximum Gasteiger partial charge on any atom is 0.416 e. The van der Waals surface area contributed by atoms with E-state index in [2.05, 4.69) is 4.98 Å². The highest BCUT2D eigenvalue weighted by Crippen LogP contribution is 2.37. The van der Waals surface area contributed by atoms with Gasteiger partial charge in [-0.3, -0.25) is 4.57 Å². The fraction of sp³-hybridized carbons (Fsp3) is 0.278. The zero-order valence-electron chi connectivity index (χ0n) is 13.3. The maximum atomic E-state index is 13.3. The maximum absolute atomic E-state index is 13.3. The van der Waals surface area contributed by atoms with E-state index in [1.54, 1.807) is 6.33 Å². The first-order valence-electron chi connectivity index (χ1n) is 8.00. The highest BCUT2D eigenvalue weighted by atomic mass is 19.4. The summed E-state index contributed by atoms with van der Waals surface area (Å²) in [6, 6.07) is 11.8. The second-order valence-corrected chi connectivity index (χ2v) is 5.91. The Kier molecular flexibility index (Phi) is 3.88. The molecule has 2 heterocycles. The topological polar surface area (TPSA) is 30.3 Å². The van der Waals surface area contributed by atoms with Crippen LogP contribution in [0.25, 0.3) is 16.7 Å². The van der Waals surface area contributed by atoms with E-state index in [9.17, 15) is 13.2 Å². The normalized spacial score (nSPS) is 15.7. The van der Waals surface area contributed by atoms with Crippen LogP contribution in [0, 0.1) is 0 Å². The third kappa shape index (κ3) is 2.95. The molecule has 3 aromatic rings. The molecule has 1 saturated heterocycles. The molecule has 0 radical (unpaired) electrons. The lowest BCUT2D eigenvalue weighted by Gasteiger charge is -2.30. The van der Waals surface area contributed by atoms with Crippen molar-refractivity contribution in [2.45, 2.75) is 6.18 Å². The number of halogens is 3. The average molecular weight is 347 g/mol. The second kappa shape index (κ2) is 6.07. The Hall–Kier alpha value is -2.54. The van der Waals surface area contributed by atoms with Gasteiger partial charge in [-0.25, -0.2) is 4.98 Å². The first kappa shape index (κ1) is 16.0. The molecular formula is C18H16F3N3O. The van der Waals surface area contributed by atoms with Gasteiger partial charge in [-0.15, -0.1) is 0 Å². The van der Waals surface area contributed by atoms with Gasteiger partial charge in [0.15, 0.2) is 0 Å². The van der Waals surface area contributed by atoms with Crippen molar-refractivity contribution in [2.24, 2.45) is 0 Å². The van der Waals surface area contributed by atoms with Crippen molar-refractivity contribution < 1.29 is 17.9 Å². The van der Waals surface area contributed by atoms with Crippen molar-refractivity contribution in [3.8, 4) is 5.69 Å². The van der Waals surface area contributed by atoms with Crippen LogP contribution in [0.2, 0.25) is 0 Å². The van der Waals surface area contributed by atoms with Crippen LogP contribution >= 0.6 is 0 Å².